The van der Waals surface area contributed by atoms with E-state index in [0.29, 0.717) is 18.0 Å². The van der Waals surface area contributed by atoms with Crippen molar-refractivity contribution in [3.8, 4) is 0 Å². The van der Waals surface area contributed by atoms with Crippen molar-refractivity contribution < 1.29 is 0 Å². The van der Waals surface area contributed by atoms with Crippen LogP contribution in [0, 0.1) is 0 Å². The summed E-state index contributed by atoms with van der Waals surface area (Å²) in [5.74, 6) is 0.345. The number of rotatable bonds is 6. The minimum Gasteiger partial charge on any atom is -0.299 e. The van der Waals surface area contributed by atoms with Gasteiger partial charge < -0.3 is 0 Å². The number of fused-ring (bicyclic) bond motifs is 1. The summed E-state index contributed by atoms with van der Waals surface area (Å²) in [5.41, 5.74) is 4.47. The Morgan fingerprint density at radius 2 is 1.93 bits per heavy atom. The van der Waals surface area contributed by atoms with E-state index in [1.165, 1.54) is 11.6 Å². The van der Waals surface area contributed by atoms with Crippen molar-refractivity contribution >= 4 is 45.3 Å². The van der Waals surface area contributed by atoms with Gasteiger partial charge in [-0.3, -0.25) is 18.5 Å². The monoisotopic (exact) mass is 456 g/mol. The average Bonchev–Trinajstić information content (AvgIpc) is 3.03. The maximum atomic E-state index is 12.7. The van der Waals surface area contributed by atoms with Crippen LogP contribution < -0.4 is 16.7 Å². The van der Waals surface area contributed by atoms with E-state index >= 15 is 0 Å². The minimum absolute atomic E-state index is 0.288. The molecule has 8 nitrogen and oxygen atoms in total. The maximum absolute atomic E-state index is 12.7. The van der Waals surface area contributed by atoms with Crippen LogP contribution in [0.3, 0.4) is 0 Å². The molecule has 0 spiro atoms. The number of aryl methyl sites for hydroxylation is 1. The highest BCUT2D eigenvalue weighted by atomic mass is 79.9. The topological polar surface area (TPSA) is 86.2 Å². The second-order valence-electron chi connectivity index (χ2n) is 6.67. The van der Waals surface area contributed by atoms with Crippen molar-refractivity contribution in [2.75, 3.05) is 5.43 Å². The highest BCUT2D eigenvalue weighted by Gasteiger charge is 2.18. The van der Waals surface area contributed by atoms with Crippen molar-refractivity contribution in [3.63, 3.8) is 0 Å². The van der Waals surface area contributed by atoms with Crippen LogP contribution in [0.15, 0.2) is 61.7 Å². The molecule has 0 fully saturated rings. The Morgan fingerprint density at radius 1 is 1.24 bits per heavy atom. The highest BCUT2D eigenvalue weighted by molar-refractivity contribution is 9.12. The van der Waals surface area contributed by atoms with Gasteiger partial charge in [-0.15, -0.1) is 0 Å². The number of hydrogen-bond acceptors (Lipinski definition) is 5. The molecule has 0 saturated carbocycles. The van der Waals surface area contributed by atoms with Crippen molar-refractivity contribution in [2.24, 2.45) is 19.2 Å². The van der Waals surface area contributed by atoms with E-state index in [1.807, 2.05) is 43.3 Å². The van der Waals surface area contributed by atoms with Crippen molar-refractivity contribution in [2.45, 2.75) is 13.5 Å². The first kappa shape index (κ1) is 20.5. The van der Waals surface area contributed by atoms with Gasteiger partial charge in [0.25, 0.3) is 5.56 Å². The number of nitrogens with zero attached hydrogens (tertiary/aromatic N) is 5. The third kappa shape index (κ3) is 4.29. The number of allylic oxidation sites excluding steroid dienone is 2. The molecule has 1 aromatic carbocycles. The summed E-state index contributed by atoms with van der Waals surface area (Å²) >= 11 is 3.46. The summed E-state index contributed by atoms with van der Waals surface area (Å²) in [6.07, 6.45) is 3.51. The van der Waals surface area contributed by atoms with Gasteiger partial charge >= 0.3 is 5.69 Å². The number of hydrogen-bond donors (Lipinski definition) is 1. The molecule has 0 aliphatic carbocycles. The van der Waals surface area contributed by atoms with Gasteiger partial charge in [0, 0.05) is 25.1 Å². The van der Waals surface area contributed by atoms with E-state index in [4.69, 9.17) is 0 Å². The molecular weight excluding hydrogens is 436 g/mol. The van der Waals surface area contributed by atoms with E-state index < -0.39 is 11.2 Å². The van der Waals surface area contributed by atoms with E-state index in [2.05, 4.69) is 38.0 Å². The molecule has 0 aliphatic rings. The van der Waals surface area contributed by atoms with E-state index in [9.17, 15) is 9.59 Å². The van der Waals surface area contributed by atoms with Crippen LogP contribution in [0.2, 0.25) is 0 Å². The Balaban J connectivity index is 2.01. The number of imidazole rings is 1. The molecule has 0 amide bonds. The first-order valence-electron chi connectivity index (χ1n) is 8.81. The number of benzene rings is 1. The summed E-state index contributed by atoms with van der Waals surface area (Å²) in [4.78, 5) is 29.3. The molecule has 9 heteroatoms. The first-order valence-corrected chi connectivity index (χ1v) is 9.61. The Labute approximate surface area is 175 Å². The molecule has 0 saturated heterocycles. The standard InChI is InChI=1S/C20H21BrN6O2/c1-13(2)12-27-16-17(25(3)20(29)26(4)18(16)28)23-19(27)24-22-11-15(21)10-14-8-6-5-7-9-14/h5-11H,1,12H2,2-4H3,(H,23,24). The zero-order chi connectivity index (χ0) is 21.1. The Hall–Kier alpha value is -3.20. The maximum Gasteiger partial charge on any atom is 0.332 e. The van der Waals surface area contributed by atoms with Gasteiger partial charge in [0.15, 0.2) is 11.2 Å². The predicted octanol–water partition coefficient (Wildman–Crippen LogP) is 2.84. The van der Waals surface area contributed by atoms with Crippen LogP contribution >= 0.6 is 15.9 Å². The number of nitrogens with one attached hydrogen (secondary N) is 1. The van der Waals surface area contributed by atoms with Crippen LogP contribution in [-0.2, 0) is 20.6 Å². The second-order valence-corrected chi connectivity index (χ2v) is 7.58. The summed E-state index contributed by atoms with van der Waals surface area (Å²) in [6, 6.07) is 9.80. The van der Waals surface area contributed by atoms with E-state index in [1.54, 1.807) is 17.8 Å². The second kappa shape index (κ2) is 8.44. The van der Waals surface area contributed by atoms with Crippen LogP contribution in [0.25, 0.3) is 17.2 Å². The fraction of sp³-hybridized carbons (Fsp3) is 0.200. The van der Waals surface area contributed by atoms with E-state index in [0.717, 1.165) is 20.2 Å². The number of aromatic nitrogens is 4. The third-order valence-electron chi connectivity index (χ3n) is 4.23. The van der Waals surface area contributed by atoms with Gasteiger partial charge in [-0.1, -0.05) is 42.5 Å². The number of anilines is 1. The van der Waals surface area contributed by atoms with Gasteiger partial charge in [-0.05, 0) is 34.5 Å². The van der Waals surface area contributed by atoms with Gasteiger partial charge in [-0.2, -0.15) is 10.1 Å². The Bertz CT molecular complexity index is 1250. The zero-order valence-electron chi connectivity index (χ0n) is 16.4. The van der Waals surface area contributed by atoms with Gasteiger partial charge in [0.05, 0.1) is 6.21 Å². The lowest BCUT2D eigenvalue weighted by Gasteiger charge is -2.08. The molecule has 0 bridgehead atoms. The molecule has 0 unspecified atom stereocenters. The minimum atomic E-state index is -0.439. The Morgan fingerprint density at radius 3 is 2.59 bits per heavy atom. The fourth-order valence-electron chi connectivity index (χ4n) is 2.85. The molecular formula is C20H21BrN6O2. The first-order chi connectivity index (χ1) is 13.8. The lowest BCUT2D eigenvalue weighted by atomic mass is 10.2. The quantitative estimate of drug-likeness (QED) is 0.351. The van der Waals surface area contributed by atoms with E-state index in [-0.39, 0.29) is 5.65 Å². The third-order valence-corrected chi connectivity index (χ3v) is 4.67. The molecule has 0 atom stereocenters. The average molecular weight is 457 g/mol. The van der Waals surface area contributed by atoms with Gasteiger partial charge in [0.1, 0.15) is 0 Å². The molecule has 29 heavy (non-hydrogen) atoms. The smallest absolute Gasteiger partial charge is 0.299 e. The molecule has 3 aromatic rings. The van der Waals surface area contributed by atoms with Crippen molar-refractivity contribution in [1.82, 2.24) is 18.7 Å². The highest BCUT2D eigenvalue weighted by Crippen LogP contribution is 2.17. The lowest BCUT2D eigenvalue weighted by molar-refractivity contribution is 0.702. The molecule has 2 heterocycles. The fourth-order valence-corrected chi connectivity index (χ4v) is 3.22. The normalized spacial score (nSPS) is 12.1. The molecule has 2 aromatic heterocycles. The van der Waals surface area contributed by atoms with Crippen LogP contribution in [0.5, 0.6) is 0 Å². The largest absolute Gasteiger partial charge is 0.332 e. The van der Waals surface area contributed by atoms with Crippen LogP contribution in [-0.4, -0.2) is 24.9 Å². The zero-order valence-corrected chi connectivity index (χ0v) is 18.0. The molecule has 150 valence electrons. The van der Waals surface area contributed by atoms with Gasteiger partial charge in [0.2, 0.25) is 5.95 Å². The molecule has 0 aliphatic heterocycles. The van der Waals surface area contributed by atoms with Crippen LogP contribution in [0.4, 0.5) is 5.95 Å². The summed E-state index contributed by atoms with van der Waals surface area (Å²) < 4.78 is 4.82. The summed E-state index contributed by atoms with van der Waals surface area (Å²) in [6.45, 7) is 6.13. The lowest BCUT2D eigenvalue weighted by Crippen LogP contribution is -2.37. The molecule has 0 radical (unpaired) electrons. The Kier molecular flexibility index (Phi) is 5.97. The van der Waals surface area contributed by atoms with Crippen LogP contribution in [0.1, 0.15) is 12.5 Å². The number of halogens is 1. The summed E-state index contributed by atoms with van der Waals surface area (Å²) in [5, 5.41) is 4.21. The van der Waals surface area contributed by atoms with Crippen molar-refractivity contribution in [1.29, 1.82) is 0 Å². The predicted molar refractivity (Wildman–Crippen MR) is 120 cm³/mol. The molecule has 1 N–H and O–H groups in total. The summed E-state index contributed by atoms with van der Waals surface area (Å²) in [7, 11) is 3.02. The molecule has 3 rings (SSSR count). The van der Waals surface area contributed by atoms with Crippen molar-refractivity contribution in [3.05, 3.63) is 73.4 Å². The van der Waals surface area contributed by atoms with Gasteiger partial charge in [-0.25, -0.2) is 10.2 Å². The SMILES string of the molecule is C=C(C)Cn1c(NN=CC(Br)=Cc2ccccc2)nc2c1c(=O)n(C)c(=O)n2C. The number of hydrazone groups is 1.